The summed E-state index contributed by atoms with van der Waals surface area (Å²) in [6.07, 6.45) is 2.50. The van der Waals surface area contributed by atoms with Crippen LogP contribution in [0.5, 0.6) is 0 Å². The second-order valence-corrected chi connectivity index (χ2v) is 8.07. The van der Waals surface area contributed by atoms with Crippen molar-refractivity contribution >= 4 is 34.0 Å². The monoisotopic (exact) mass is 373 g/mol. The number of sulfonamides is 1. The van der Waals surface area contributed by atoms with Crippen LogP contribution in [0.3, 0.4) is 0 Å². The van der Waals surface area contributed by atoms with Crippen molar-refractivity contribution in [3.8, 4) is 0 Å². The van der Waals surface area contributed by atoms with E-state index in [0.29, 0.717) is 31.0 Å². The van der Waals surface area contributed by atoms with E-state index in [1.54, 1.807) is 27.4 Å². The molecule has 1 saturated heterocycles. The lowest BCUT2D eigenvalue weighted by molar-refractivity contribution is -0.116. The minimum atomic E-state index is -3.48. The molecular weight excluding hydrogens is 350 g/mol. The topological polar surface area (TPSA) is 69.7 Å². The van der Waals surface area contributed by atoms with Crippen LogP contribution in [0.4, 0.5) is 5.69 Å². The van der Waals surface area contributed by atoms with Gasteiger partial charge < -0.3 is 10.2 Å². The number of hydrogen-bond donors (Lipinski definition) is 1. The van der Waals surface area contributed by atoms with Gasteiger partial charge in [-0.3, -0.25) is 4.79 Å². The summed E-state index contributed by atoms with van der Waals surface area (Å²) in [6, 6.07) is 5.15. The molecule has 1 aromatic rings. The average Bonchev–Trinajstić information content (AvgIpc) is 3.13. The molecule has 2 heterocycles. The molecule has 1 aromatic carbocycles. The summed E-state index contributed by atoms with van der Waals surface area (Å²) in [5.41, 5.74) is 1.77. The molecule has 24 heavy (non-hydrogen) atoms. The first kappa shape index (κ1) is 19.2. The van der Waals surface area contributed by atoms with E-state index in [4.69, 9.17) is 0 Å². The molecule has 2 aliphatic rings. The van der Waals surface area contributed by atoms with Gasteiger partial charge in [0, 0.05) is 38.3 Å². The highest BCUT2D eigenvalue weighted by Crippen LogP contribution is 2.32. The number of nitrogens with one attached hydrogen (secondary N) is 1. The fourth-order valence-electron chi connectivity index (χ4n) is 3.57. The van der Waals surface area contributed by atoms with E-state index >= 15 is 0 Å². The summed E-state index contributed by atoms with van der Waals surface area (Å²) >= 11 is 0. The first-order valence-corrected chi connectivity index (χ1v) is 9.46. The van der Waals surface area contributed by atoms with Crippen LogP contribution in [0.15, 0.2) is 23.1 Å². The SMILES string of the molecule is CNCC1CCCN1S(=O)(=O)c1ccc2c(c1)CCN2C(C)=O.Cl. The van der Waals surface area contributed by atoms with Crippen LogP contribution < -0.4 is 10.2 Å². The van der Waals surface area contributed by atoms with E-state index in [2.05, 4.69) is 5.32 Å². The standard InChI is InChI=1S/C16H23N3O3S.ClH/c1-12(20)18-9-7-13-10-15(5-6-16(13)18)23(21,22)19-8-3-4-14(19)11-17-2;/h5-6,10,14,17H,3-4,7-9,11H2,1-2H3;1H. The second kappa shape index (κ2) is 7.39. The highest BCUT2D eigenvalue weighted by molar-refractivity contribution is 7.89. The molecule has 1 N–H and O–H groups in total. The Hall–Kier alpha value is -1.15. The van der Waals surface area contributed by atoms with Gasteiger partial charge in [-0.05, 0) is 50.1 Å². The Balaban J connectivity index is 0.00000208. The normalized spacial score (nSPS) is 20.8. The molecule has 0 saturated carbocycles. The number of nitrogens with zero attached hydrogens (tertiary/aromatic N) is 2. The van der Waals surface area contributed by atoms with E-state index in [1.807, 2.05) is 7.05 Å². The van der Waals surface area contributed by atoms with E-state index < -0.39 is 10.0 Å². The number of likely N-dealkylation sites (N-methyl/N-ethyl adjacent to an activating group) is 1. The zero-order chi connectivity index (χ0) is 16.6. The number of halogens is 1. The zero-order valence-corrected chi connectivity index (χ0v) is 15.6. The largest absolute Gasteiger partial charge is 0.318 e. The molecule has 134 valence electrons. The number of hydrogen-bond acceptors (Lipinski definition) is 4. The Morgan fingerprint density at radius 3 is 2.75 bits per heavy atom. The molecule has 1 amide bonds. The van der Waals surface area contributed by atoms with Crippen LogP contribution in [0.25, 0.3) is 0 Å². The quantitative estimate of drug-likeness (QED) is 0.865. The third-order valence-electron chi connectivity index (χ3n) is 4.70. The Bertz CT molecular complexity index is 723. The van der Waals surface area contributed by atoms with Gasteiger partial charge in [-0.1, -0.05) is 0 Å². The summed E-state index contributed by atoms with van der Waals surface area (Å²) in [5.74, 6) is -0.00650. The van der Waals surface area contributed by atoms with Crippen molar-refractivity contribution in [3.05, 3.63) is 23.8 Å². The maximum Gasteiger partial charge on any atom is 0.243 e. The fraction of sp³-hybridized carbons (Fsp3) is 0.562. The van der Waals surface area contributed by atoms with Crippen LogP contribution in [-0.2, 0) is 21.2 Å². The van der Waals surface area contributed by atoms with E-state index in [-0.39, 0.29) is 24.4 Å². The zero-order valence-electron chi connectivity index (χ0n) is 14.0. The van der Waals surface area contributed by atoms with Crippen LogP contribution in [-0.4, -0.2) is 51.4 Å². The number of amides is 1. The van der Waals surface area contributed by atoms with Crippen molar-refractivity contribution in [3.63, 3.8) is 0 Å². The molecule has 0 spiro atoms. The lowest BCUT2D eigenvalue weighted by atomic mass is 10.2. The van der Waals surface area contributed by atoms with Gasteiger partial charge in [0.05, 0.1) is 4.90 Å². The molecular formula is C16H24ClN3O3S. The number of carbonyl (C=O) groups excluding carboxylic acids is 1. The molecule has 8 heteroatoms. The van der Waals surface area contributed by atoms with Crippen LogP contribution in [0.1, 0.15) is 25.3 Å². The van der Waals surface area contributed by atoms with Crippen molar-refractivity contribution in [2.45, 2.75) is 37.1 Å². The predicted molar refractivity (Wildman–Crippen MR) is 96.3 cm³/mol. The van der Waals surface area contributed by atoms with Crippen LogP contribution in [0, 0.1) is 0 Å². The maximum atomic E-state index is 13.0. The van der Waals surface area contributed by atoms with Crippen LogP contribution in [0.2, 0.25) is 0 Å². The summed E-state index contributed by atoms with van der Waals surface area (Å²) in [4.78, 5) is 13.6. The lowest BCUT2D eigenvalue weighted by Gasteiger charge is -2.24. The van der Waals surface area contributed by atoms with Gasteiger partial charge in [-0.15, -0.1) is 12.4 Å². The fourth-order valence-corrected chi connectivity index (χ4v) is 5.31. The Morgan fingerprint density at radius 1 is 1.33 bits per heavy atom. The molecule has 6 nitrogen and oxygen atoms in total. The van der Waals surface area contributed by atoms with Gasteiger partial charge in [0.1, 0.15) is 0 Å². The number of fused-ring (bicyclic) bond motifs is 1. The smallest absolute Gasteiger partial charge is 0.243 e. The molecule has 0 bridgehead atoms. The molecule has 0 aromatic heterocycles. The summed E-state index contributed by atoms with van der Waals surface area (Å²) in [5, 5.41) is 3.07. The predicted octanol–water partition coefficient (Wildman–Crippen LogP) is 1.39. The first-order chi connectivity index (χ1) is 10.9. The third kappa shape index (κ3) is 3.31. The van der Waals surface area contributed by atoms with E-state index in [9.17, 15) is 13.2 Å². The van der Waals surface area contributed by atoms with Crippen molar-refractivity contribution in [2.24, 2.45) is 0 Å². The molecule has 3 rings (SSSR count). The first-order valence-electron chi connectivity index (χ1n) is 8.02. The van der Waals surface area contributed by atoms with Crippen LogP contribution >= 0.6 is 12.4 Å². The van der Waals surface area contributed by atoms with Crippen molar-refractivity contribution < 1.29 is 13.2 Å². The highest BCUT2D eigenvalue weighted by atomic mass is 35.5. The molecule has 1 unspecified atom stereocenters. The third-order valence-corrected chi connectivity index (χ3v) is 6.64. The van der Waals surface area contributed by atoms with Gasteiger partial charge in [0.25, 0.3) is 0 Å². The number of benzene rings is 1. The molecule has 2 aliphatic heterocycles. The van der Waals surface area contributed by atoms with Gasteiger partial charge in [-0.25, -0.2) is 8.42 Å². The number of carbonyl (C=O) groups is 1. The Labute approximate surface area is 149 Å². The minimum Gasteiger partial charge on any atom is -0.318 e. The minimum absolute atomic E-state index is 0. The van der Waals surface area contributed by atoms with Crippen molar-refractivity contribution in [1.29, 1.82) is 0 Å². The Morgan fingerprint density at radius 2 is 2.08 bits per heavy atom. The van der Waals surface area contributed by atoms with Gasteiger partial charge in [-0.2, -0.15) is 4.31 Å². The molecule has 1 atom stereocenters. The molecule has 1 fully saturated rings. The molecule has 0 radical (unpaired) electrons. The second-order valence-electron chi connectivity index (χ2n) is 6.18. The van der Waals surface area contributed by atoms with E-state index in [1.165, 1.54) is 6.92 Å². The summed E-state index contributed by atoms with van der Waals surface area (Å²) < 4.78 is 27.5. The molecule has 0 aliphatic carbocycles. The Kier molecular flexibility index (Phi) is 5.91. The van der Waals surface area contributed by atoms with Crippen molar-refractivity contribution in [1.82, 2.24) is 9.62 Å². The van der Waals surface area contributed by atoms with Crippen molar-refractivity contribution in [2.75, 3.05) is 31.6 Å². The van der Waals surface area contributed by atoms with E-state index in [0.717, 1.165) is 24.1 Å². The average molecular weight is 374 g/mol. The maximum absolute atomic E-state index is 13.0. The lowest BCUT2D eigenvalue weighted by Crippen LogP contribution is -2.40. The van der Waals surface area contributed by atoms with Gasteiger partial charge in [0.15, 0.2) is 0 Å². The highest BCUT2D eigenvalue weighted by Gasteiger charge is 2.35. The summed E-state index contributed by atoms with van der Waals surface area (Å²) in [6.45, 7) is 3.40. The summed E-state index contributed by atoms with van der Waals surface area (Å²) in [7, 11) is -1.64. The number of anilines is 1. The van der Waals surface area contributed by atoms with Gasteiger partial charge in [0.2, 0.25) is 15.9 Å². The van der Waals surface area contributed by atoms with Gasteiger partial charge >= 0.3 is 0 Å². The number of rotatable bonds is 4.